The quantitative estimate of drug-likeness (QED) is 0.686. The van der Waals surface area contributed by atoms with Gasteiger partial charge in [0.1, 0.15) is 11.6 Å². The minimum atomic E-state index is -2.88. The topological polar surface area (TPSA) is 71.3 Å². The van der Waals surface area contributed by atoms with Gasteiger partial charge in [0.05, 0.1) is 12.3 Å². The third kappa shape index (κ3) is 4.74. The molecule has 0 unspecified atom stereocenters. The van der Waals surface area contributed by atoms with Gasteiger partial charge in [-0.1, -0.05) is 6.92 Å². The van der Waals surface area contributed by atoms with E-state index in [-0.39, 0.29) is 11.5 Å². The molecule has 23 heavy (non-hydrogen) atoms. The van der Waals surface area contributed by atoms with Gasteiger partial charge < -0.3 is 9.47 Å². The number of aryl methyl sites for hydroxylation is 1. The second-order valence-corrected chi connectivity index (χ2v) is 8.78. The number of aromatic nitrogens is 3. The highest BCUT2D eigenvalue weighted by Crippen LogP contribution is 2.16. The average Bonchev–Trinajstić information content (AvgIpc) is 3.12. The maximum absolute atomic E-state index is 11.6. The van der Waals surface area contributed by atoms with Gasteiger partial charge >= 0.3 is 0 Å². The molecule has 2 heterocycles. The van der Waals surface area contributed by atoms with E-state index >= 15 is 0 Å². The van der Waals surface area contributed by atoms with Crippen molar-refractivity contribution in [2.75, 3.05) is 38.2 Å². The highest BCUT2D eigenvalue weighted by Gasteiger charge is 2.27. The predicted octanol–water partition coefficient (Wildman–Crippen LogP) is 0.547. The summed E-state index contributed by atoms with van der Waals surface area (Å²) in [6, 6.07) is 0.446. The van der Waals surface area contributed by atoms with Crippen LogP contribution in [0.25, 0.3) is 0 Å². The summed E-state index contributed by atoms with van der Waals surface area (Å²) < 4.78 is 25.4. The monoisotopic (exact) mass is 343 g/mol. The number of sulfone groups is 1. The summed E-state index contributed by atoms with van der Waals surface area (Å²) in [5, 5.41) is 8.43. The van der Waals surface area contributed by atoms with Crippen molar-refractivity contribution in [1.29, 1.82) is 0 Å². The van der Waals surface area contributed by atoms with Crippen LogP contribution in [0.1, 0.15) is 31.9 Å². The Morgan fingerprint density at radius 1 is 1.30 bits per heavy atom. The van der Waals surface area contributed by atoms with Crippen molar-refractivity contribution >= 4 is 9.84 Å². The lowest BCUT2D eigenvalue weighted by Crippen LogP contribution is -2.36. The minimum Gasteiger partial charge on any atom is -0.314 e. The Bertz CT molecular complexity index is 613. The van der Waals surface area contributed by atoms with E-state index in [1.807, 2.05) is 6.92 Å². The van der Waals surface area contributed by atoms with Crippen molar-refractivity contribution in [1.82, 2.24) is 24.6 Å². The van der Waals surface area contributed by atoms with Crippen LogP contribution in [-0.4, -0.2) is 77.2 Å². The average molecular weight is 343 g/mol. The third-order valence-electron chi connectivity index (χ3n) is 4.75. The molecule has 0 bridgehead atoms. The number of hydrogen-bond donors (Lipinski definition) is 0. The zero-order chi connectivity index (χ0) is 17.0. The van der Waals surface area contributed by atoms with Crippen molar-refractivity contribution in [2.24, 2.45) is 0 Å². The van der Waals surface area contributed by atoms with Gasteiger partial charge in [-0.3, -0.25) is 4.90 Å². The molecule has 0 radical (unpaired) electrons. The number of likely N-dealkylation sites (tertiary alicyclic amines) is 1. The van der Waals surface area contributed by atoms with E-state index in [2.05, 4.69) is 38.5 Å². The largest absolute Gasteiger partial charge is 0.314 e. The van der Waals surface area contributed by atoms with E-state index in [4.69, 9.17) is 0 Å². The van der Waals surface area contributed by atoms with Gasteiger partial charge in [-0.05, 0) is 33.9 Å². The highest BCUT2D eigenvalue weighted by atomic mass is 32.2. The Hall–Kier alpha value is -0.990. The van der Waals surface area contributed by atoms with Crippen LogP contribution in [0.3, 0.4) is 0 Å². The fraction of sp³-hybridized carbons (Fsp3) is 0.867. The summed E-state index contributed by atoms with van der Waals surface area (Å²) in [5.74, 6) is 2.45. The van der Waals surface area contributed by atoms with Crippen LogP contribution < -0.4 is 0 Å². The lowest BCUT2D eigenvalue weighted by atomic mass is 10.2. The summed E-state index contributed by atoms with van der Waals surface area (Å²) in [5.41, 5.74) is 0. The standard InChI is InChI=1S/C15H29N5O2S/c1-5-20-13(3)16-17-15(20)12-18(4)14-7-8-19(11-14)9-10-23(21,22)6-2/h14H,5-12H2,1-4H3/t14-/m0/s1. The first-order chi connectivity index (χ1) is 10.9. The molecule has 132 valence electrons. The summed E-state index contributed by atoms with van der Waals surface area (Å²) in [6.45, 7) is 9.99. The zero-order valence-electron chi connectivity index (χ0n) is 14.7. The van der Waals surface area contributed by atoms with Crippen LogP contribution in [0, 0.1) is 6.92 Å². The van der Waals surface area contributed by atoms with E-state index in [1.54, 1.807) is 6.92 Å². The van der Waals surface area contributed by atoms with Crippen LogP contribution in [0.4, 0.5) is 0 Å². The number of rotatable bonds is 8. The Morgan fingerprint density at radius 2 is 2.04 bits per heavy atom. The van der Waals surface area contributed by atoms with E-state index in [0.29, 0.717) is 12.6 Å². The van der Waals surface area contributed by atoms with Crippen molar-refractivity contribution in [3.8, 4) is 0 Å². The van der Waals surface area contributed by atoms with Gasteiger partial charge in [0.15, 0.2) is 9.84 Å². The van der Waals surface area contributed by atoms with Crippen LogP contribution in [0.5, 0.6) is 0 Å². The molecular formula is C15H29N5O2S. The third-order valence-corrected chi connectivity index (χ3v) is 6.43. The van der Waals surface area contributed by atoms with Gasteiger partial charge in [0, 0.05) is 31.4 Å². The molecule has 2 rings (SSSR count). The van der Waals surface area contributed by atoms with E-state index in [1.165, 1.54) is 0 Å². The molecule has 1 aromatic heterocycles. The van der Waals surface area contributed by atoms with Crippen molar-refractivity contribution in [3.63, 3.8) is 0 Å². The van der Waals surface area contributed by atoms with Crippen molar-refractivity contribution in [3.05, 3.63) is 11.6 Å². The van der Waals surface area contributed by atoms with E-state index in [9.17, 15) is 8.42 Å². The molecule has 1 aliphatic heterocycles. The van der Waals surface area contributed by atoms with Crippen LogP contribution in [-0.2, 0) is 22.9 Å². The Kier molecular flexibility index (Phi) is 6.16. The molecule has 8 heteroatoms. The second kappa shape index (κ2) is 7.72. The van der Waals surface area contributed by atoms with E-state index in [0.717, 1.165) is 44.2 Å². The van der Waals surface area contributed by atoms with Crippen molar-refractivity contribution < 1.29 is 8.42 Å². The molecular weight excluding hydrogens is 314 g/mol. The molecule has 0 N–H and O–H groups in total. The highest BCUT2D eigenvalue weighted by molar-refractivity contribution is 7.91. The Labute approximate surface area is 139 Å². The predicted molar refractivity (Wildman–Crippen MR) is 91.1 cm³/mol. The molecule has 0 spiro atoms. The molecule has 1 atom stereocenters. The SMILES string of the molecule is CCn1c(C)nnc1CN(C)[C@H]1CCN(CCS(=O)(=O)CC)C1. The first-order valence-electron chi connectivity index (χ1n) is 8.38. The molecule has 0 aliphatic carbocycles. The van der Waals surface area contributed by atoms with Gasteiger partial charge in [-0.15, -0.1) is 10.2 Å². The molecule has 7 nitrogen and oxygen atoms in total. The zero-order valence-corrected chi connectivity index (χ0v) is 15.5. The smallest absolute Gasteiger partial charge is 0.151 e. The first-order valence-corrected chi connectivity index (χ1v) is 10.2. The van der Waals surface area contributed by atoms with Crippen LogP contribution >= 0.6 is 0 Å². The second-order valence-electron chi connectivity index (χ2n) is 6.30. The molecule has 1 fully saturated rings. The Morgan fingerprint density at radius 3 is 2.70 bits per heavy atom. The lowest BCUT2D eigenvalue weighted by Gasteiger charge is -2.24. The molecule has 1 aromatic rings. The van der Waals surface area contributed by atoms with Crippen LogP contribution in [0.15, 0.2) is 0 Å². The molecule has 0 amide bonds. The number of hydrogen-bond acceptors (Lipinski definition) is 6. The minimum absolute atomic E-state index is 0.232. The normalized spacial score (nSPS) is 19.8. The lowest BCUT2D eigenvalue weighted by molar-refractivity contribution is 0.220. The number of nitrogens with zero attached hydrogens (tertiary/aromatic N) is 5. The Balaban J connectivity index is 1.86. The fourth-order valence-electron chi connectivity index (χ4n) is 3.09. The summed E-state index contributed by atoms with van der Waals surface area (Å²) in [4.78, 5) is 4.56. The molecule has 1 saturated heterocycles. The molecule has 1 aliphatic rings. The van der Waals surface area contributed by atoms with Crippen molar-refractivity contribution in [2.45, 2.75) is 46.3 Å². The molecule has 0 saturated carbocycles. The fourth-order valence-corrected chi connectivity index (χ4v) is 3.92. The van der Waals surface area contributed by atoms with Gasteiger partial charge in [-0.25, -0.2) is 8.42 Å². The molecule has 0 aromatic carbocycles. The van der Waals surface area contributed by atoms with E-state index < -0.39 is 9.84 Å². The maximum atomic E-state index is 11.6. The van der Waals surface area contributed by atoms with Gasteiger partial charge in [0.25, 0.3) is 0 Å². The summed E-state index contributed by atoms with van der Waals surface area (Å²) >= 11 is 0. The number of likely N-dealkylation sites (N-methyl/N-ethyl adjacent to an activating group) is 1. The first kappa shape index (κ1) is 18.4. The van der Waals surface area contributed by atoms with Gasteiger partial charge in [0.2, 0.25) is 0 Å². The maximum Gasteiger partial charge on any atom is 0.151 e. The van der Waals surface area contributed by atoms with Crippen LogP contribution in [0.2, 0.25) is 0 Å². The summed E-state index contributed by atoms with van der Waals surface area (Å²) in [6.07, 6.45) is 1.07. The summed E-state index contributed by atoms with van der Waals surface area (Å²) in [7, 11) is -0.764. The van der Waals surface area contributed by atoms with Gasteiger partial charge in [-0.2, -0.15) is 0 Å².